The molecule has 2 fully saturated rings. The summed E-state index contributed by atoms with van der Waals surface area (Å²) in [5, 5.41) is 3.00. The first-order chi connectivity index (χ1) is 7.26. The number of hydrogen-bond acceptors (Lipinski definition) is 2. The molecule has 0 radical (unpaired) electrons. The Morgan fingerprint density at radius 2 is 2.33 bits per heavy atom. The van der Waals surface area contributed by atoms with Crippen LogP contribution >= 0.6 is 11.6 Å². The summed E-state index contributed by atoms with van der Waals surface area (Å²) >= 11 is 5.85. The summed E-state index contributed by atoms with van der Waals surface area (Å²) in [4.78, 5) is 11.8. The van der Waals surface area contributed by atoms with Crippen LogP contribution in [0.15, 0.2) is 0 Å². The van der Waals surface area contributed by atoms with E-state index in [0.717, 1.165) is 38.8 Å². The molecule has 1 saturated carbocycles. The van der Waals surface area contributed by atoms with Gasteiger partial charge in [0.25, 0.3) is 0 Å². The summed E-state index contributed by atoms with van der Waals surface area (Å²) in [6.45, 7) is 2.13. The molecule has 4 heteroatoms. The second-order valence-corrected chi connectivity index (χ2v) is 5.03. The zero-order valence-electron chi connectivity index (χ0n) is 8.93. The molecule has 1 N–H and O–H groups in total. The van der Waals surface area contributed by atoms with Crippen molar-refractivity contribution < 1.29 is 9.53 Å². The highest BCUT2D eigenvalue weighted by Gasteiger charge is 2.42. The van der Waals surface area contributed by atoms with E-state index in [2.05, 4.69) is 5.32 Å². The van der Waals surface area contributed by atoms with E-state index in [1.54, 1.807) is 0 Å². The Kier molecular flexibility index (Phi) is 3.52. The molecule has 2 rings (SSSR count). The molecule has 0 aromatic carbocycles. The van der Waals surface area contributed by atoms with Gasteiger partial charge in [0.05, 0.1) is 12.5 Å². The Morgan fingerprint density at radius 3 is 2.87 bits per heavy atom. The average Bonchev–Trinajstić information content (AvgIpc) is 3.08. The van der Waals surface area contributed by atoms with E-state index in [0.29, 0.717) is 12.5 Å². The van der Waals surface area contributed by atoms with Crippen molar-refractivity contribution in [1.82, 2.24) is 5.32 Å². The Morgan fingerprint density at radius 1 is 1.53 bits per heavy atom. The summed E-state index contributed by atoms with van der Waals surface area (Å²) in [5.41, 5.74) is 0.215. The molecule has 3 nitrogen and oxygen atoms in total. The van der Waals surface area contributed by atoms with E-state index in [4.69, 9.17) is 16.3 Å². The highest BCUT2D eigenvalue weighted by atomic mass is 35.5. The van der Waals surface area contributed by atoms with Gasteiger partial charge >= 0.3 is 0 Å². The lowest BCUT2D eigenvalue weighted by atomic mass is 10.0. The number of ether oxygens (including phenoxy) is 1. The van der Waals surface area contributed by atoms with Crippen LogP contribution in [0.3, 0.4) is 0 Å². The van der Waals surface area contributed by atoms with E-state index >= 15 is 0 Å². The first-order valence-corrected chi connectivity index (χ1v) is 6.21. The molecule has 1 atom stereocenters. The van der Waals surface area contributed by atoms with Gasteiger partial charge in [-0.05, 0) is 25.7 Å². The second kappa shape index (κ2) is 4.71. The molecular weight excluding hydrogens is 214 g/mol. The highest BCUT2D eigenvalue weighted by Crippen LogP contribution is 2.45. The minimum absolute atomic E-state index is 0.0601. The normalized spacial score (nSPS) is 28.5. The lowest BCUT2D eigenvalue weighted by Crippen LogP contribution is -2.38. The van der Waals surface area contributed by atoms with Crippen LogP contribution in [0.2, 0.25) is 0 Å². The first kappa shape index (κ1) is 11.2. The molecule has 0 bridgehead atoms. The molecular formula is C11H18ClNO2. The van der Waals surface area contributed by atoms with Crippen LogP contribution in [-0.2, 0) is 9.53 Å². The maximum Gasteiger partial charge on any atom is 0.225 e. The highest BCUT2D eigenvalue weighted by molar-refractivity contribution is 6.18. The molecule has 0 spiro atoms. The lowest BCUT2D eigenvalue weighted by Gasteiger charge is -2.22. The molecule has 1 saturated heterocycles. The zero-order chi connectivity index (χ0) is 10.7. The van der Waals surface area contributed by atoms with Crippen molar-refractivity contribution in [3.63, 3.8) is 0 Å². The third kappa shape index (κ3) is 2.85. The largest absolute Gasteiger partial charge is 0.381 e. The SMILES string of the molecule is O=C(NCC1(CCl)CC1)C1CCCOC1. The van der Waals surface area contributed by atoms with Gasteiger partial charge < -0.3 is 10.1 Å². The van der Waals surface area contributed by atoms with E-state index in [1.807, 2.05) is 0 Å². The van der Waals surface area contributed by atoms with Crippen LogP contribution in [0.1, 0.15) is 25.7 Å². The summed E-state index contributed by atoms with van der Waals surface area (Å²) in [5.74, 6) is 0.866. The molecule has 15 heavy (non-hydrogen) atoms. The van der Waals surface area contributed by atoms with E-state index in [1.165, 1.54) is 0 Å². The molecule has 1 amide bonds. The predicted molar refractivity (Wildman–Crippen MR) is 58.9 cm³/mol. The van der Waals surface area contributed by atoms with Gasteiger partial charge in [-0.3, -0.25) is 4.79 Å². The van der Waals surface area contributed by atoms with Crippen LogP contribution in [0.25, 0.3) is 0 Å². The predicted octanol–water partition coefficient (Wildman–Crippen LogP) is 1.55. The van der Waals surface area contributed by atoms with Gasteiger partial charge in [0.1, 0.15) is 0 Å². The standard InChI is InChI=1S/C11H18ClNO2/c12-7-11(3-4-11)8-13-10(14)9-2-1-5-15-6-9/h9H,1-8H2,(H,13,14). The van der Waals surface area contributed by atoms with Gasteiger partial charge in [-0.15, -0.1) is 11.6 Å². The Bertz CT molecular complexity index is 235. The number of carbonyl (C=O) groups is 1. The molecule has 1 aliphatic heterocycles. The fourth-order valence-corrected chi connectivity index (χ4v) is 2.26. The molecule has 1 unspecified atom stereocenters. The van der Waals surface area contributed by atoms with Crippen molar-refractivity contribution in [2.45, 2.75) is 25.7 Å². The molecule has 0 aromatic heterocycles. The number of hydrogen-bond donors (Lipinski definition) is 1. The lowest BCUT2D eigenvalue weighted by molar-refractivity contribution is -0.129. The summed E-state index contributed by atoms with van der Waals surface area (Å²) in [7, 11) is 0. The van der Waals surface area contributed by atoms with Crippen LogP contribution < -0.4 is 5.32 Å². The molecule has 86 valence electrons. The van der Waals surface area contributed by atoms with Gasteiger partial charge in [-0.1, -0.05) is 0 Å². The quantitative estimate of drug-likeness (QED) is 0.746. The van der Waals surface area contributed by atoms with Crippen LogP contribution in [0.4, 0.5) is 0 Å². The van der Waals surface area contributed by atoms with E-state index in [9.17, 15) is 4.79 Å². The van der Waals surface area contributed by atoms with Gasteiger partial charge in [0, 0.05) is 24.4 Å². The number of amides is 1. The molecule has 2 aliphatic rings. The Balaban J connectivity index is 1.72. The number of alkyl halides is 1. The third-order valence-electron chi connectivity index (χ3n) is 3.41. The van der Waals surface area contributed by atoms with E-state index in [-0.39, 0.29) is 17.2 Å². The van der Waals surface area contributed by atoms with E-state index < -0.39 is 0 Å². The fourth-order valence-electron chi connectivity index (χ4n) is 1.90. The number of halogens is 1. The van der Waals surface area contributed by atoms with Gasteiger partial charge in [0.15, 0.2) is 0 Å². The van der Waals surface area contributed by atoms with Crippen LogP contribution in [0, 0.1) is 11.3 Å². The van der Waals surface area contributed by atoms with Crippen molar-refractivity contribution in [2.24, 2.45) is 11.3 Å². The molecule has 1 aliphatic carbocycles. The average molecular weight is 232 g/mol. The van der Waals surface area contributed by atoms with Crippen molar-refractivity contribution in [2.75, 3.05) is 25.6 Å². The number of nitrogens with one attached hydrogen (secondary N) is 1. The Labute approximate surface area is 95.5 Å². The van der Waals surface area contributed by atoms with Crippen molar-refractivity contribution in [1.29, 1.82) is 0 Å². The van der Waals surface area contributed by atoms with Crippen molar-refractivity contribution >= 4 is 17.5 Å². The fraction of sp³-hybridized carbons (Fsp3) is 0.909. The number of rotatable bonds is 4. The maximum absolute atomic E-state index is 11.8. The smallest absolute Gasteiger partial charge is 0.225 e. The van der Waals surface area contributed by atoms with Gasteiger partial charge in [0.2, 0.25) is 5.91 Å². The minimum atomic E-state index is 0.0601. The van der Waals surface area contributed by atoms with Gasteiger partial charge in [-0.2, -0.15) is 0 Å². The summed E-state index contributed by atoms with van der Waals surface area (Å²) < 4.78 is 5.29. The topological polar surface area (TPSA) is 38.3 Å². The second-order valence-electron chi connectivity index (χ2n) is 4.77. The summed E-state index contributed by atoms with van der Waals surface area (Å²) in [6, 6.07) is 0. The minimum Gasteiger partial charge on any atom is -0.381 e. The third-order valence-corrected chi connectivity index (χ3v) is 3.98. The van der Waals surface area contributed by atoms with Crippen molar-refractivity contribution in [3.05, 3.63) is 0 Å². The van der Waals surface area contributed by atoms with Crippen LogP contribution in [-0.4, -0.2) is 31.5 Å². The zero-order valence-corrected chi connectivity index (χ0v) is 9.68. The maximum atomic E-state index is 11.8. The molecule has 0 aromatic rings. The Hall–Kier alpha value is -0.280. The van der Waals surface area contributed by atoms with Crippen LogP contribution in [0.5, 0.6) is 0 Å². The first-order valence-electron chi connectivity index (χ1n) is 5.67. The molecule has 1 heterocycles. The van der Waals surface area contributed by atoms with Gasteiger partial charge in [-0.25, -0.2) is 0 Å². The monoisotopic (exact) mass is 231 g/mol. The van der Waals surface area contributed by atoms with Crippen molar-refractivity contribution in [3.8, 4) is 0 Å². The summed E-state index contributed by atoms with van der Waals surface area (Å²) in [6.07, 6.45) is 4.26. The number of carbonyl (C=O) groups excluding carboxylic acids is 1.